The number of nitrogens with zero attached hydrogens (tertiary/aromatic N) is 2. The molecule has 4 heteroatoms. The Morgan fingerprint density at radius 2 is 2.15 bits per heavy atom. The van der Waals surface area contributed by atoms with Crippen molar-refractivity contribution in [2.24, 2.45) is 0 Å². The van der Waals surface area contributed by atoms with Gasteiger partial charge in [0.15, 0.2) is 0 Å². The number of nitrogens with two attached hydrogens (primary N) is 1. The van der Waals surface area contributed by atoms with Crippen molar-refractivity contribution in [1.82, 2.24) is 9.97 Å². The van der Waals surface area contributed by atoms with Crippen molar-refractivity contribution >= 4 is 17.3 Å². The molecular formula is C9H9N3S. The van der Waals surface area contributed by atoms with Crippen molar-refractivity contribution in [3.05, 3.63) is 29.3 Å². The summed E-state index contributed by atoms with van der Waals surface area (Å²) >= 11 is 1.70. The molecule has 0 bridgehead atoms. The molecule has 13 heavy (non-hydrogen) atoms. The van der Waals surface area contributed by atoms with E-state index < -0.39 is 0 Å². The Morgan fingerprint density at radius 1 is 1.31 bits per heavy atom. The maximum absolute atomic E-state index is 5.49. The Labute approximate surface area is 80.3 Å². The van der Waals surface area contributed by atoms with Crippen molar-refractivity contribution < 1.29 is 0 Å². The van der Waals surface area contributed by atoms with E-state index in [0.717, 1.165) is 10.6 Å². The molecule has 0 fully saturated rings. The fourth-order valence-electron chi connectivity index (χ4n) is 1.08. The number of hydrogen-bond donors (Lipinski definition) is 1. The second-order valence-corrected chi connectivity index (χ2v) is 4.00. The average molecular weight is 191 g/mol. The van der Waals surface area contributed by atoms with Crippen LogP contribution < -0.4 is 5.73 Å². The molecule has 2 aromatic rings. The summed E-state index contributed by atoms with van der Waals surface area (Å²) in [6, 6.07) is 5.97. The lowest BCUT2D eigenvalue weighted by molar-refractivity contribution is 1.19. The summed E-state index contributed by atoms with van der Waals surface area (Å²) in [4.78, 5) is 10.4. The highest BCUT2D eigenvalue weighted by Crippen LogP contribution is 2.25. The predicted molar refractivity (Wildman–Crippen MR) is 54.5 cm³/mol. The summed E-state index contributed by atoms with van der Waals surface area (Å²) in [5.74, 6) is 0.323. The summed E-state index contributed by atoms with van der Waals surface area (Å²) in [5, 5.41) is 0. The van der Waals surface area contributed by atoms with Crippen LogP contribution in [0, 0.1) is 6.92 Å². The lowest BCUT2D eigenvalue weighted by atomic mass is 10.3. The minimum Gasteiger partial charge on any atom is -0.368 e. The zero-order valence-electron chi connectivity index (χ0n) is 7.19. The zero-order chi connectivity index (χ0) is 9.26. The first kappa shape index (κ1) is 8.19. The highest BCUT2D eigenvalue weighted by Gasteiger charge is 2.01. The fourth-order valence-corrected chi connectivity index (χ4v) is 1.92. The van der Waals surface area contributed by atoms with E-state index in [0.29, 0.717) is 5.95 Å². The highest BCUT2D eigenvalue weighted by atomic mass is 32.1. The normalized spacial score (nSPS) is 10.2. The van der Waals surface area contributed by atoms with Crippen molar-refractivity contribution in [3.63, 3.8) is 0 Å². The number of rotatable bonds is 1. The van der Waals surface area contributed by atoms with Gasteiger partial charge in [0.1, 0.15) is 0 Å². The average Bonchev–Trinajstić information content (AvgIpc) is 2.52. The van der Waals surface area contributed by atoms with E-state index in [1.807, 2.05) is 12.1 Å². The van der Waals surface area contributed by atoms with Gasteiger partial charge in [0.05, 0.1) is 10.6 Å². The number of aryl methyl sites for hydroxylation is 1. The molecular weight excluding hydrogens is 182 g/mol. The lowest BCUT2D eigenvalue weighted by Crippen LogP contribution is -1.93. The lowest BCUT2D eigenvalue weighted by Gasteiger charge is -1.95. The highest BCUT2D eigenvalue weighted by molar-refractivity contribution is 7.15. The molecule has 2 heterocycles. The monoisotopic (exact) mass is 191 g/mol. The Hall–Kier alpha value is -1.42. The van der Waals surface area contributed by atoms with Gasteiger partial charge in [-0.2, -0.15) is 0 Å². The SMILES string of the molecule is Cc1ccc(-c2ccnc(N)n2)s1. The van der Waals surface area contributed by atoms with Crippen molar-refractivity contribution in [2.75, 3.05) is 5.73 Å². The Kier molecular flexibility index (Phi) is 1.98. The van der Waals surface area contributed by atoms with Crippen LogP contribution in [0.2, 0.25) is 0 Å². The standard InChI is InChI=1S/C9H9N3S/c1-6-2-3-8(13-6)7-4-5-11-9(10)12-7/h2-5H,1H3,(H2,10,11,12). The first-order chi connectivity index (χ1) is 6.25. The van der Waals surface area contributed by atoms with E-state index in [2.05, 4.69) is 23.0 Å². The van der Waals surface area contributed by atoms with Crippen LogP contribution in [0.15, 0.2) is 24.4 Å². The largest absolute Gasteiger partial charge is 0.368 e. The molecule has 0 amide bonds. The van der Waals surface area contributed by atoms with Gasteiger partial charge in [0, 0.05) is 11.1 Å². The topological polar surface area (TPSA) is 51.8 Å². The maximum atomic E-state index is 5.49. The number of nitrogen functional groups attached to an aromatic ring is 1. The van der Waals surface area contributed by atoms with Crippen LogP contribution in [-0.2, 0) is 0 Å². The quantitative estimate of drug-likeness (QED) is 0.751. The smallest absolute Gasteiger partial charge is 0.220 e. The van der Waals surface area contributed by atoms with E-state index in [1.165, 1.54) is 4.88 Å². The van der Waals surface area contributed by atoms with E-state index in [1.54, 1.807) is 17.5 Å². The number of anilines is 1. The molecule has 0 unspecified atom stereocenters. The Balaban J connectivity index is 2.46. The van der Waals surface area contributed by atoms with Crippen molar-refractivity contribution in [3.8, 4) is 10.6 Å². The molecule has 2 N–H and O–H groups in total. The third kappa shape index (κ3) is 1.67. The number of aromatic nitrogens is 2. The molecule has 2 rings (SSSR count). The summed E-state index contributed by atoms with van der Waals surface area (Å²) < 4.78 is 0. The van der Waals surface area contributed by atoms with E-state index in [-0.39, 0.29) is 0 Å². The van der Waals surface area contributed by atoms with Gasteiger partial charge < -0.3 is 5.73 Å². The molecule has 0 atom stereocenters. The van der Waals surface area contributed by atoms with Gasteiger partial charge in [-0.1, -0.05) is 0 Å². The fraction of sp³-hybridized carbons (Fsp3) is 0.111. The van der Waals surface area contributed by atoms with Gasteiger partial charge in [-0.3, -0.25) is 0 Å². The van der Waals surface area contributed by atoms with E-state index >= 15 is 0 Å². The second-order valence-electron chi connectivity index (χ2n) is 2.71. The molecule has 66 valence electrons. The zero-order valence-corrected chi connectivity index (χ0v) is 8.01. The van der Waals surface area contributed by atoms with Crippen LogP contribution in [0.25, 0.3) is 10.6 Å². The minimum absolute atomic E-state index is 0.323. The first-order valence-corrected chi connectivity index (χ1v) is 4.73. The van der Waals surface area contributed by atoms with Crippen LogP contribution in [0.1, 0.15) is 4.88 Å². The van der Waals surface area contributed by atoms with Gasteiger partial charge in [-0.25, -0.2) is 9.97 Å². The van der Waals surface area contributed by atoms with Crippen LogP contribution >= 0.6 is 11.3 Å². The number of hydrogen-bond acceptors (Lipinski definition) is 4. The molecule has 0 spiro atoms. The van der Waals surface area contributed by atoms with Crippen LogP contribution in [0.3, 0.4) is 0 Å². The first-order valence-electron chi connectivity index (χ1n) is 3.91. The van der Waals surface area contributed by atoms with Crippen LogP contribution in [-0.4, -0.2) is 9.97 Å². The summed E-state index contributed by atoms with van der Waals surface area (Å²) in [7, 11) is 0. The summed E-state index contributed by atoms with van der Waals surface area (Å²) in [6.45, 7) is 2.07. The molecule has 0 radical (unpaired) electrons. The third-order valence-corrected chi connectivity index (χ3v) is 2.69. The van der Waals surface area contributed by atoms with Crippen molar-refractivity contribution in [2.45, 2.75) is 6.92 Å². The molecule has 3 nitrogen and oxygen atoms in total. The molecule has 2 aromatic heterocycles. The molecule has 0 aliphatic heterocycles. The van der Waals surface area contributed by atoms with E-state index in [4.69, 9.17) is 5.73 Å². The van der Waals surface area contributed by atoms with Crippen molar-refractivity contribution in [1.29, 1.82) is 0 Å². The van der Waals surface area contributed by atoms with Crippen LogP contribution in [0.4, 0.5) is 5.95 Å². The summed E-state index contributed by atoms with van der Waals surface area (Å²) in [5.41, 5.74) is 6.38. The molecule has 0 aliphatic carbocycles. The molecule has 0 aromatic carbocycles. The Morgan fingerprint density at radius 3 is 2.77 bits per heavy atom. The van der Waals surface area contributed by atoms with Crippen LogP contribution in [0.5, 0.6) is 0 Å². The second kappa shape index (κ2) is 3.14. The Bertz CT molecular complexity index is 422. The van der Waals surface area contributed by atoms with Gasteiger partial charge in [-0.15, -0.1) is 11.3 Å². The molecule has 0 saturated heterocycles. The predicted octanol–water partition coefficient (Wildman–Crippen LogP) is 2.10. The minimum atomic E-state index is 0.323. The van der Waals surface area contributed by atoms with E-state index in [9.17, 15) is 0 Å². The molecule has 0 aliphatic rings. The van der Waals surface area contributed by atoms with Gasteiger partial charge >= 0.3 is 0 Å². The van der Waals surface area contributed by atoms with Gasteiger partial charge in [0.25, 0.3) is 0 Å². The van der Waals surface area contributed by atoms with Gasteiger partial charge in [-0.05, 0) is 25.1 Å². The molecule has 0 saturated carbocycles. The third-order valence-electron chi connectivity index (χ3n) is 1.67. The van der Waals surface area contributed by atoms with Gasteiger partial charge in [0.2, 0.25) is 5.95 Å². The summed E-state index contributed by atoms with van der Waals surface area (Å²) in [6.07, 6.45) is 1.67. The maximum Gasteiger partial charge on any atom is 0.220 e. The number of thiophene rings is 1.